The van der Waals surface area contributed by atoms with Crippen molar-refractivity contribution in [2.24, 2.45) is 0 Å². The van der Waals surface area contributed by atoms with Crippen LogP contribution in [-0.4, -0.2) is 30.9 Å². The van der Waals surface area contributed by atoms with Gasteiger partial charge in [0, 0.05) is 0 Å². The van der Waals surface area contributed by atoms with Crippen molar-refractivity contribution in [3.8, 4) is 23.5 Å². The summed E-state index contributed by atoms with van der Waals surface area (Å²) in [4.78, 5) is 4.19. The van der Waals surface area contributed by atoms with E-state index in [9.17, 15) is 0 Å². The lowest BCUT2D eigenvalue weighted by Gasteiger charge is -2.09. The molecular weight excluding hydrogens is 220 g/mol. The quantitative estimate of drug-likeness (QED) is 0.810. The lowest BCUT2D eigenvalue weighted by atomic mass is 10.3. The summed E-state index contributed by atoms with van der Waals surface area (Å²) in [6.45, 7) is 0. The minimum Gasteiger partial charge on any atom is -0.478 e. The van der Waals surface area contributed by atoms with Crippen LogP contribution in [0, 0.1) is 0 Å². The van der Waals surface area contributed by atoms with E-state index in [1.165, 1.54) is 0 Å². The Bertz CT molecular complexity index is 494. The lowest BCUT2D eigenvalue weighted by molar-refractivity contribution is 0.333. The van der Waals surface area contributed by atoms with Crippen molar-refractivity contribution >= 4 is 0 Å². The van der Waals surface area contributed by atoms with Gasteiger partial charge in [0.1, 0.15) is 0 Å². The molecule has 90 valence electrons. The van der Waals surface area contributed by atoms with Gasteiger partial charge >= 0.3 is 6.01 Å². The lowest BCUT2D eigenvalue weighted by Crippen LogP contribution is -2.01. The van der Waals surface area contributed by atoms with E-state index in [4.69, 9.17) is 14.2 Å². The summed E-state index contributed by atoms with van der Waals surface area (Å²) in [6, 6.07) is 10.1. The molecule has 0 aliphatic rings. The van der Waals surface area contributed by atoms with Crippen LogP contribution in [0.1, 0.15) is 0 Å². The van der Waals surface area contributed by atoms with Gasteiger partial charge < -0.3 is 14.2 Å². The SMILES string of the molecule is COc1nc(OC)n(-c2ccccc2)c1OC. The zero-order valence-corrected chi connectivity index (χ0v) is 10.0. The van der Waals surface area contributed by atoms with Crippen LogP contribution in [0.2, 0.25) is 0 Å². The zero-order valence-electron chi connectivity index (χ0n) is 10.0. The van der Waals surface area contributed by atoms with Gasteiger partial charge in [0.15, 0.2) is 0 Å². The minimum absolute atomic E-state index is 0.396. The van der Waals surface area contributed by atoms with Crippen LogP contribution in [0.15, 0.2) is 30.3 Å². The molecule has 5 heteroatoms. The number of hydrogen-bond donors (Lipinski definition) is 0. The van der Waals surface area contributed by atoms with Crippen LogP contribution >= 0.6 is 0 Å². The first-order valence-corrected chi connectivity index (χ1v) is 5.12. The number of aromatic nitrogens is 2. The predicted octanol–water partition coefficient (Wildman–Crippen LogP) is 1.90. The number of para-hydroxylation sites is 1. The molecule has 0 unspecified atom stereocenters. The van der Waals surface area contributed by atoms with Crippen LogP contribution in [0.3, 0.4) is 0 Å². The summed E-state index contributed by atoms with van der Waals surface area (Å²) in [7, 11) is 4.67. The summed E-state index contributed by atoms with van der Waals surface area (Å²) in [5.41, 5.74) is 0.900. The van der Waals surface area contributed by atoms with Crippen molar-refractivity contribution in [3.05, 3.63) is 30.3 Å². The van der Waals surface area contributed by atoms with Gasteiger partial charge in [-0.3, -0.25) is 0 Å². The van der Waals surface area contributed by atoms with E-state index < -0.39 is 0 Å². The zero-order chi connectivity index (χ0) is 12.3. The molecule has 0 fully saturated rings. The first-order chi connectivity index (χ1) is 8.31. The summed E-state index contributed by atoms with van der Waals surface area (Å²) in [5.74, 6) is 0.906. The third-order valence-corrected chi connectivity index (χ3v) is 2.36. The molecule has 17 heavy (non-hydrogen) atoms. The van der Waals surface area contributed by atoms with Gasteiger partial charge in [0.05, 0.1) is 27.0 Å². The number of methoxy groups -OCH3 is 3. The number of imidazole rings is 1. The van der Waals surface area contributed by atoms with Crippen LogP contribution in [0.4, 0.5) is 0 Å². The highest BCUT2D eigenvalue weighted by Crippen LogP contribution is 2.34. The van der Waals surface area contributed by atoms with E-state index >= 15 is 0 Å². The van der Waals surface area contributed by atoms with Gasteiger partial charge in [-0.25, -0.2) is 4.57 Å². The first-order valence-electron chi connectivity index (χ1n) is 5.12. The Morgan fingerprint density at radius 1 is 0.941 bits per heavy atom. The summed E-state index contributed by atoms with van der Waals surface area (Å²) >= 11 is 0. The molecule has 2 aromatic rings. The molecule has 2 rings (SSSR count). The molecule has 0 aliphatic carbocycles. The molecule has 1 aromatic carbocycles. The summed E-state index contributed by atoms with van der Waals surface area (Å²) in [6.07, 6.45) is 0. The summed E-state index contributed by atoms with van der Waals surface area (Å²) in [5, 5.41) is 0. The van der Waals surface area contributed by atoms with Gasteiger partial charge in [-0.2, -0.15) is 4.98 Å². The first kappa shape index (κ1) is 11.3. The standard InChI is InChI=1S/C12H14N2O3/c1-15-10-11(16-2)14(12(13-10)17-3)9-7-5-4-6-8-9/h4-8H,1-3H3. The van der Waals surface area contributed by atoms with Gasteiger partial charge in [-0.15, -0.1) is 0 Å². The molecule has 0 aliphatic heterocycles. The fourth-order valence-corrected chi connectivity index (χ4v) is 1.62. The van der Waals surface area contributed by atoms with Crippen molar-refractivity contribution in [3.63, 3.8) is 0 Å². The maximum Gasteiger partial charge on any atom is 0.307 e. The highest BCUT2D eigenvalue weighted by molar-refractivity contribution is 5.45. The van der Waals surface area contributed by atoms with Crippen LogP contribution in [0.25, 0.3) is 5.69 Å². The molecule has 0 atom stereocenters. The number of benzene rings is 1. The van der Waals surface area contributed by atoms with Crippen molar-refractivity contribution in [1.82, 2.24) is 9.55 Å². The van der Waals surface area contributed by atoms with E-state index in [0.717, 1.165) is 5.69 Å². The average Bonchev–Trinajstić information content (AvgIpc) is 2.77. The molecule has 0 N–H and O–H groups in total. The van der Waals surface area contributed by atoms with Crippen LogP contribution < -0.4 is 14.2 Å². The molecule has 0 radical (unpaired) electrons. The van der Waals surface area contributed by atoms with Crippen molar-refractivity contribution < 1.29 is 14.2 Å². The van der Waals surface area contributed by atoms with E-state index in [2.05, 4.69) is 4.98 Å². The Hall–Kier alpha value is -2.17. The van der Waals surface area contributed by atoms with E-state index in [-0.39, 0.29) is 0 Å². The van der Waals surface area contributed by atoms with Crippen LogP contribution in [0.5, 0.6) is 17.8 Å². The number of rotatable bonds is 4. The third kappa shape index (κ3) is 1.91. The number of nitrogens with zero attached hydrogens (tertiary/aromatic N) is 2. The van der Waals surface area contributed by atoms with Crippen molar-refractivity contribution in [1.29, 1.82) is 0 Å². The second-order valence-corrected chi connectivity index (χ2v) is 3.29. The molecular formula is C12H14N2O3. The topological polar surface area (TPSA) is 45.5 Å². The minimum atomic E-state index is 0.396. The van der Waals surface area contributed by atoms with Crippen molar-refractivity contribution in [2.75, 3.05) is 21.3 Å². The Balaban J connectivity index is 2.62. The second-order valence-electron chi connectivity index (χ2n) is 3.29. The molecule has 0 amide bonds. The number of ether oxygens (including phenoxy) is 3. The maximum atomic E-state index is 5.30. The Morgan fingerprint density at radius 3 is 2.18 bits per heavy atom. The predicted molar refractivity (Wildman–Crippen MR) is 63.2 cm³/mol. The summed E-state index contributed by atoms with van der Waals surface area (Å²) < 4.78 is 17.4. The molecule has 0 spiro atoms. The van der Waals surface area contributed by atoms with E-state index in [1.807, 2.05) is 30.3 Å². The third-order valence-electron chi connectivity index (χ3n) is 2.36. The molecule has 0 saturated carbocycles. The molecule has 5 nitrogen and oxygen atoms in total. The fraction of sp³-hybridized carbons (Fsp3) is 0.250. The maximum absolute atomic E-state index is 5.30. The monoisotopic (exact) mass is 234 g/mol. The normalized spacial score (nSPS) is 10.1. The molecule has 1 aromatic heterocycles. The fourth-order valence-electron chi connectivity index (χ4n) is 1.62. The molecule has 0 bridgehead atoms. The number of hydrogen-bond acceptors (Lipinski definition) is 4. The average molecular weight is 234 g/mol. The van der Waals surface area contributed by atoms with Crippen molar-refractivity contribution in [2.45, 2.75) is 0 Å². The Labute approximate surface area is 99.6 Å². The smallest absolute Gasteiger partial charge is 0.307 e. The largest absolute Gasteiger partial charge is 0.478 e. The van der Waals surface area contributed by atoms with Crippen LogP contribution in [-0.2, 0) is 0 Å². The Kier molecular flexibility index (Phi) is 3.18. The Morgan fingerprint density at radius 2 is 1.65 bits per heavy atom. The van der Waals surface area contributed by atoms with Gasteiger partial charge in [0.25, 0.3) is 11.8 Å². The van der Waals surface area contributed by atoms with Gasteiger partial charge in [-0.05, 0) is 12.1 Å². The highest BCUT2D eigenvalue weighted by Gasteiger charge is 2.20. The van der Waals surface area contributed by atoms with Gasteiger partial charge in [-0.1, -0.05) is 18.2 Å². The van der Waals surface area contributed by atoms with Gasteiger partial charge in [0.2, 0.25) is 0 Å². The van der Waals surface area contributed by atoms with E-state index in [0.29, 0.717) is 17.8 Å². The second kappa shape index (κ2) is 4.78. The van der Waals surface area contributed by atoms with E-state index in [1.54, 1.807) is 25.9 Å². The highest BCUT2D eigenvalue weighted by atomic mass is 16.5. The molecule has 0 saturated heterocycles. The molecule has 1 heterocycles.